The van der Waals surface area contributed by atoms with Crippen molar-refractivity contribution in [3.63, 3.8) is 0 Å². The van der Waals surface area contributed by atoms with E-state index in [9.17, 15) is 4.79 Å². The number of fused-ring (bicyclic) bond motifs is 1. The molecule has 1 aliphatic heterocycles. The van der Waals surface area contributed by atoms with E-state index in [0.717, 1.165) is 37.0 Å². The van der Waals surface area contributed by atoms with Crippen LogP contribution in [0, 0.1) is 0 Å². The first-order chi connectivity index (χ1) is 10.6. The lowest BCUT2D eigenvalue weighted by Gasteiger charge is -2.32. The number of piperidine rings is 1. The molecule has 0 aliphatic carbocycles. The van der Waals surface area contributed by atoms with Gasteiger partial charge < -0.3 is 9.88 Å². The Hall–Kier alpha value is -1.20. The Morgan fingerprint density at radius 3 is 2.73 bits per heavy atom. The van der Waals surface area contributed by atoms with E-state index in [-0.39, 0.29) is 5.69 Å². The molecule has 0 atom stereocenters. The molecule has 2 heterocycles. The summed E-state index contributed by atoms with van der Waals surface area (Å²) in [6.45, 7) is 7.85. The minimum absolute atomic E-state index is 0.0370. The van der Waals surface area contributed by atoms with Crippen molar-refractivity contribution in [2.45, 2.75) is 38.0 Å². The number of hydrogen-bond acceptors (Lipinski definition) is 3. The molecule has 1 aromatic carbocycles. The van der Waals surface area contributed by atoms with Crippen LogP contribution in [0.15, 0.2) is 29.1 Å². The number of H-pyrrole nitrogens is 1. The predicted octanol–water partition coefficient (Wildman–Crippen LogP) is 3.11. The van der Waals surface area contributed by atoms with Gasteiger partial charge in [-0.1, -0.05) is 26.0 Å². The van der Waals surface area contributed by atoms with Crippen LogP contribution in [-0.2, 0) is 0 Å². The first kappa shape index (κ1) is 15.7. The SMILES string of the molecule is CC(C)SCCN1CCC(n2c(=O)[nH]c3ccccc32)CC1. The molecule has 0 unspecified atom stereocenters. The lowest BCUT2D eigenvalue weighted by molar-refractivity contribution is 0.196. The summed E-state index contributed by atoms with van der Waals surface area (Å²) in [5, 5.41) is 0.710. The van der Waals surface area contributed by atoms with Crippen molar-refractivity contribution in [2.75, 3.05) is 25.4 Å². The highest BCUT2D eigenvalue weighted by molar-refractivity contribution is 7.99. The second-order valence-corrected chi connectivity index (χ2v) is 7.99. The second kappa shape index (κ2) is 6.92. The second-order valence-electron chi connectivity index (χ2n) is 6.31. The maximum Gasteiger partial charge on any atom is 0.326 e. The van der Waals surface area contributed by atoms with Crippen molar-refractivity contribution in [3.05, 3.63) is 34.7 Å². The molecule has 0 saturated carbocycles. The van der Waals surface area contributed by atoms with E-state index in [1.807, 2.05) is 40.6 Å². The maximum atomic E-state index is 12.3. The van der Waals surface area contributed by atoms with Crippen LogP contribution in [0.2, 0.25) is 0 Å². The molecule has 1 aliphatic rings. The fourth-order valence-electron chi connectivity index (χ4n) is 3.26. The van der Waals surface area contributed by atoms with Crippen molar-refractivity contribution in [1.29, 1.82) is 0 Å². The average Bonchev–Trinajstić information content (AvgIpc) is 2.83. The van der Waals surface area contributed by atoms with Gasteiger partial charge in [0, 0.05) is 31.4 Å². The molecule has 5 heteroatoms. The summed E-state index contributed by atoms with van der Waals surface area (Å²) >= 11 is 2.03. The highest BCUT2D eigenvalue weighted by atomic mass is 32.2. The largest absolute Gasteiger partial charge is 0.326 e. The van der Waals surface area contributed by atoms with Crippen molar-refractivity contribution in [1.82, 2.24) is 14.5 Å². The van der Waals surface area contributed by atoms with Gasteiger partial charge in [0.2, 0.25) is 0 Å². The molecule has 0 spiro atoms. The molecule has 0 bridgehead atoms. The molecule has 120 valence electrons. The minimum atomic E-state index is 0.0370. The van der Waals surface area contributed by atoms with Gasteiger partial charge in [-0.05, 0) is 30.2 Å². The molecule has 1 saturated heterocycles. The van der Waals surface area contributed by atoms with Gasteiger partial charge >= 0.3 is 5.69 Å². The zero-order valence-electron chi connectivity index (χ0n) is 13.4. The lowest BCUT2D eigenvalue weighted by atomic mass is 10.0. The van der Waals surface area contributed by atoms with Crippen LogP contribution in [0.25, 0.3) is 11.0 Å². The molecule has 0 radical (unpaired) electrons. The normalized spacial score (nSPS) is 17.6. The molecule has 1 fully saturated rings. The Balaban J connectivity index is 1.63. The molecular weight excluding hydrogens is 294 g/mol. The zero-order valence-corrected chi connectivity index (χ0v) is 14.2. The molecule has 4 nitrogen and oxygen atoms in total. The standard InChI is InChI=1S/C17H25N3OS/c1-13(2)22-12-11-19-9-7-14(8-10-19)20-16-6-4-3-5-15(16)18-17(20)21/h3-6,13-14H,7-12H2,1-2H3,(H,18,21). The molecule has 22 heavy (non-hydrogen) atoms. The lowest BCUT2D eigenvalue weighted by Crippen LogP contribution is -2.38. The fraction of sp³-hybridized carbons (Fsp3) is 0.588. The number of aromatic amines is 1. The topological polar surface area (TPSA) is 41.0 Å². The van der Waals surface area contributed by atoms with E-state index in [1.54, 1.807) is 0 Å². The molecule has 3 rings (SSSR count). The predicted molar refractivity (Wildman–Crippen MR) is 94.9 cm³/mol. The molecule has 1 N–H and O–H groups in total. The third-order valence-corrected chi connectivity index (χ3v) is 5.49. The van der Waals surface area contributed by atoms with Crippen LogP contribution in [0.4, 0.5) is 0 Å². The van der Waals surface area contributed by atoms with Crippen molar-refractivity contribution >= 4 is 22.8 Å². The zero-order chi connectivity index (χ0) is 15.5. The molecule has 1 aromatic heterocycles. The number of thioether (sulfide) groups is 1. The number of nitrogens with one attached hydrogen (secondary N) is 1. The van der Waals surface area contributed by atoms with Crippen LogP contribution >= 0.6 is 11.8 Å². The summed E-state index contributed by atoms with van der Waals surface area (Å²) in [5.74, 6) is 1.20. The van der Waals surface area contributed by atoms with Gasteiger partial charge in [0.15, 0.2) is 0 Å². The number of para-hydroxylation sites is 2. The van der Waals surface area contributed by atoms with E-state index in [1.165, 1.54) is 12.3 Å². The van der Waals surface area contributed by atoms with Crippen molar-refractivity contribution in [2.24, 2.45) is 0 Å². The van der Waals surface area contributed by atoms with Gasteiger partial charge in [0.05, 0.1) is 11.0 Å². The Kier molecular flexibility index (Phi) is 4.93. The fourth-order valence-corrected chi connectivity index (χ4v) is 4.09. The van der Waals surface area contributed by atoms with Crippen LogP contribution in [0.5, 0.6) is 0 Å². The molecule has 0 amide bonds. The summed E-state index contributed by atoms with van der Waals surface area (Å²) < 4.78 is 1.97. The number of aromatic nitrogens is 2. The van der Waals surface area contributed by atoms with Gasteiger partial charge in [0.1, 0.15) is 0 Å². The summed E-state index contributed by atoms with van der Waals surface area (Å²) in [6.07, 6.45) is 2.13. The molecular formula is C17H25N3OS. The number of benzene rings is 1. The third kappa shape index (κ3) is 3.41. The Labute approximate surface area is 135 Å². The Morgan fingerprint density at radius 2 is 2.00 bits per heavy atom. The van der Waals surface area contributed by atoms with Gasteiger partial charge in [-0.25, -0.2) is 4.79 Å². The highest BCUT2D eigenvalue weighted by Gasteiger charge is 2.23. The monoisotopic (exact) mass is 319 g/mol. The van der Waals surface area contributed by atoms with E-state index >= 15 is 0 Å². The van der Waals surface area contributed by atoms with Gasteiger partial charge in [0.25, 0.3) is 0 Å². The summed E-state index contributed by atoms with van der Waals surface area (Å²) in [5.41, 5.74) is 2.03. The number of hydrogen-bond donors (Lipinski definition) is 1. The quantitative estimate of drug-likeness (QED) is 0.920. The van der Waals surface area contributed by atoms with E-state index < -0.39 is 0 Å². The number of imidazole rings is 1. The highest BCUT2D eigenvalue weighted by Crippen LogP contribution is 2.25. The summed E-state index contributed by atoms with van der Waals surface area (Å²) in [7, 11) is 0. The summed E-state index contributed by atoms with van der Waals surface area (Å²) in [6, 6.07) is 8.32. The van der Waals surface area contributed by atoms with Gasteiger partial charge in [-0.3, -0.25) is 4.57 Å². The van der Waals surface area contributed by atoms with E-state index in [4.69, 9.17) is 0 Å². The van der Waals surface area contributed by atoms with Crippen molar-refractivity contribution in [3.8, 4) is 0 Å². The maximum absolute atomic E-state index is 12.3. The average molecular weight is 319 g/mol. The van der Waals surface area contributed by atoms with Gasteiger partial charge in [-0.2, -0.15) is 11.8 Å². The first-order valence-electron chi connectivity index (χ1n) is 8.18. The van der Waals surface area contributed by atoms with E-state index in [0.29, 0.717) is 11.3 Å². The third-order valence-electron chi connectivity index (χ3n) is 4.40. The van der Waals surface area contributed by atoms with Crippen LogP contribution < -0.4 is 5.69 Å². The summed E-state index contributed by atoms with van der Waals surface area (Å²) in [4.78, 5) is 17.8. The number of nitrogens with zero attached hydrogens (tertiary/aromatic N) is 2. The van der Waals surface area contributed by atoms with Crippen LogP contribution in [-0.4, -0.2) is 45.1 Å². The van der Waals surface area contributed by atoms with Crippen molar-refractivity contribution < 1.29 is 0 Å². The minimum Gasteiger partial charge on any atom is -0.306 e. The first-order valence-corrected chi connectivity index (χ1v) is 9.23. The van der Waals surface area contributed by atoms with E-state index in [2.05, 4.69) is 23.7 Å². The smallest absolute Gasteiger partial charge is 0.306 e. The van der Waals surface area contributed by atoms with Gasteiger partial charge in [-0.15, -0.1) is 0 Å². The Morgan fingerprint density at radius 1 is 1.27 bits per heavy atom. The Bertz CT molecular complexity index is 668. The van der Waals surface area contributed by atoms with Crippen LogP contribution in [0.1, 0.15) is 32.7 Å². The number of rotatable bonds is 5. The molecule has 2 aromatic rings. The van der Waals surface area contributed by atoms with Crippen LogP contribution in [0.3, 0.4) is 0 Å². The number of likely N-dealkylation sites (tertiary alicyclic amines) is 1.